The fourth-order valence-corrected chi connectivity index (χ4v) is 8.03. The fourth-order valence-electron chi connectivity index (χ4n) is 7.77. The molecule has 4 amide bonds. The molecular weight excluding hydrogens is 584 g/mol. The van der Waals surface area contributed by atoms with Crippen LogP contribution in [0, 0.1) is 29.1 Å². The number of benzene rings is 3. The molecule has 206 valence electrons. The molecule has 7 rings (SSSR count). The second-order valence-corrected chi connectivity index (χ2v) is 12.5. The number of para-hydroxylation sites is 1. The van der Waals surface area contributed by atoms with Gasteiger partial charge in [-0.05, 0) is 79.8 Å². The Morgan fingerprint density at radius 3 is 2.22 bits per heavy atom. The lowest BCUT2D eigenvalue weighted by Gasteiger charge is -2.49. The van der Waals surface area contributed by atoms with Crippen molar-refractivity contribution >= 4 is 50.9 Å². The molecule has 1 N–H and O–H groups in total. The molecule has 2 saturated heterocycles. The molecule has 2 heterocycles. The Kier molecular flexibility index (Phi) is 5.84. The van der Waals surface area contributed by atoms with E-state index in [9.17, 15) is 24.3 Å². The summed E-state index contributed by atoms with van der Waals surface area (Å²) in [5, 5.41) is 10.4. The van der Waals surface area contributed by atoms with Crippen LogP contribution in [0.3, 0.4) is 0 Å². The summed E-state index contributed by atoms with van der Waals surface area (Å²) >= 11 is 3.41. The van der Waals surface area contributed by atoms with Crippen molar-refractivity contribution in [3.05, 3.63) is 101 Å². The number of phenolic OH excluding ortho intramolecular Hbond substituents is 1. The summed E-state index contributed by atoms with van der Waals surface area (Å²) in [4.78, 5) is 58.7. The highest BCUT2D eigenvalue weighted by atomic mass is 79.9. The standard InChI is InChI=1S/C33H27BrN2O5/c1-33-26(30(39)36(32(33)41)20-7-3-2-4-8-20)17-25-23(28(33)18-6-5-9-22(37)16-18)14-15-24-27(25)31(40)35(29(24)38)21-12-10-19(34)11-13-21/h2-14,16,24-28,37H,15,17H2,1H3/t24-,25+,26-,27-,28-,33+/m0/s1. The number of carbonyl (C=O) groups is 4. The number of rotatable bonds is 3. The summed E-state index contributed by atoms with van der Waals surface area (Å²) < 4.78 is 0.842. The second kappa shape index (κ2) is 9.24. The van der Waals surface area contributed by atoms with Gasteiger partial charge in [-0.1, -0.05) is 57.9 Å². The molecule has 3 fully saturated rings. The molecular formula is C33H27BrN2O5. The molecule has 2 aliphatic carbocycles. The van der Waals surface area contributed by atoms with Crippen molar-refractivity contribution in [1.82, 2.24) is 0 Å². The summed E-state index contributed by atoms with van der Waals surface area (Å²) in [6.45, 7) is 1.84. The van der Waals surface area contributed by atoms with Crippen LogP contribution in [0.5, 0.6) is 5.75 Å². The topological polar surface area (TPSA) is 95.0 Å². The minimum absolute atomic E-state index is 0.0595. The van der Waals surface area contributed by atoms with Gasteiger partial charge in [0.1, 0.15) is 5.75 Å². The van der Waals surface area contributed by atoms with Crippen LogP contribution in [0.15, 0.2) is 95.0 Å². The zero-order chi connectivity index (χ0) is 28.6. The molecule has 0 aromatic heterocycles. The van der Waals surface area contributed by atoms with Crippen LogP contribution in [-0.4, -0.2) is 28.7 Å². The van der Waals surface area contributed by atoms with Crippen LogP contribution in [-0.2, 0) is 19.2 Å². The lowest BCUT2D eigenvalue weighted by atomic mass is 9.51. The lowest BCUT2D eigenvalue weighted by molar-refractivity contribution is -0.131. The maximum absolute atomic E-state index is 14.3. The van der Waals surface area contributed by atoms with E-state index in [2.05, 4.69) is 15.9 Å². The van der Waals surface area contributed by atoms with Crippen molar-refractivity contribution in [2.24, 2.45) is 29.1 Å². The van der Waals surface area contributed by atoms with Gasteiger partial charge in [-0.15, -0.1) is 0 Å². The number of carbonyl (C=O) groups excluding carboxylic acids is 4. The zero-order valence-electron chi connectivity index (χ0n) is 22.2. The molecule has 0 bridgehead atoms. The molecule has 8 heteroatoms. The van der Waals surface area contributed by atoms with Crippen molar-refractivity contribution in [3.63, 3.8) is 0 Å². The first-order valence-corrected chi connectivity index (χ1v) is 14.6. The Bertz CT molecular complexity index is 1650. The minimum atomic E-state index is -1.13. The van der Waals surface area contributed by atoms with Crippen molar-refractivity contribution in [3.8, 4) is 5.75 Å². The normalized spacial score (nSPS) is 30.7. The molecule has 3 aromatic rings. The molecule has 0 radical (unpaired) electrons. The Morgan fingerprint density at radius 2 is 1.51 bits per heavy atom. The van der Waals surface area contributed by atoms with E-state index in [1.54, 1.807) is 66.7 Å². The first-order valence-electron chi connectivity index (χ1n) is 13.8. The van der Waals surface area contributed by atoms with E-state index in [-0.39, 0.29) is 29.4 Å². The maximum Gasteiger partial charge on any atom is 0.241 e. The predicted octanol–water partition coefficient (Wildman–Crippen LogP) is 5.59. The quantitative estimate of drug-likeness (QED) is 0.308. The third-order valence-corrected chi connectivity index (χ3v) is 10.1. The number of anilines is 2. The molecule has 2 aliphatic heterocycles. The number of imide groups is 2. The molecule has 0 unspecified atom stereocenters. The van der Waals surface area contributed by atoms with Crippen molar-refractivity contribution in [2.75, 3.05) is 9.80 Å². The first-order chi connectivity index (χ1) is 19.7. The van der Waals surface area contributed by atoms with Gasteiger partial charge in [0.2, 0.25) is 23.6 Å². The number of nitrogens with zero attached hydrogens (tertiary/aromatic N) is 2. The van der Waals surface area contributed by atoms with Crippen LogP contribution in [0.2, 0.25) is 0 Å². The van der Waals surface area contributed by atoms with Gasteiger partial charge in [-0.3, -0.25) is 24.1 Å². The summed E-state index contributed by atoms with van der Waals surface area (Å²) in [5.74, 6) is -3.85. The van der Waals surface area contributed by atoms with Crippen LogP contribution in [0.25, 0.3) is 0 Å². The van der Waals surface area contributed by atoms with Gasteiger partial charge in [-0.25, -0.2) is 4.90 Å². The van der Waals surface area contributed by atoms with Gasteiger partial charge in [0.25, 0.3) is 0 Å². The van der Waals surface area contributed by atoms with Crippen LogP contribution < -0.4 is 9.80 Å². The molecule has 3 aromatic carbocycles. The average molecular weight is 611 g/mol. The smallest absolute Gasteiger partial charge is 0.241 e. The number of phenols is 1. The SMILES string of the molecule is C[C@@]12C(=O)N(c3ccccc3)C(=O)[C@@H]1C[C@@H]1C(=CC[C@@H]3C(=O)N(c4ccc(Br)cc4)C(=O)[C@@H]31)[C@@H]2c1cccc(O)c1. The highest BCUT2D eigenvalue weighted by Crippen LogP contribution is 2.63. The van der Waals surface area contributed by atoms with Gasteiger partial charge in [0, 0.05) is 10.4 Å². The van der Waals surface area contributed by atoms with E-state index in [0.717, 1.165) is 10.0 Å². The van der Waals surface area contributed by atoms with E-state index in [4.69, 9.17) is 0 Å². The third kappa shape index (κ3) is 3.63. The lowest BCUT2D eigenvalue weighted by Crippen LogP contribution is -2.48. The number of hydrogen-bond acceptors (Lipinski definition) is 5. The van der Waals surface area contributed by atoms with Gasteiger partial charge in [-0.2, -0.15) is 0 Å². The van der Waals surface area contributed by atoms with E-state index in [0.29, 0.717) is 29.8 Å². The fraction of sp³-hybridized carbons (Fsp3) is 0.273. The van der Waals surface area contributed by atoms with E-state index < -0.39 is 35.0 Å². The van der Waals surface area contributed by atoms with Gasteiger partial charge < -0.3 is 5.11 Å². The average Bonchev–Trinajstić information content (AvgIpc) is 3.33. The first kappa shape index (κ1) is 25.9. The molecule has 41 heavy (non-hydrogen) atoms. The zero-order valence-corrected chi connectivity index (χ0v) is 23.8. The third-order valence-electron chi connectivity index (χ3n) is 9.58. The molecule has 4 aliphatic rings. The Labute approximate surface area is 245 Å². The number of halogens is 1. The van der Waals surface area contributed by atoms with Gasteiger partial charge in [0.05, 0.1) is 34.5 Å². The summed E-state index contributed by atoms with van der Waals surface area (Å²) in [5.41, 5.74) is 1.50. The second-order valence-electron chi connectivity index (χ2n) is 11.6. The number of amides is 4. The largest absolute Gasteiger partial charge is 0.508 e. The summed E-state index contributed by atoms with van der Waals surface area (Å²) in [6, 6.07) is 22.8. The number of hydrogen-bond donors (Lipinski definition) is 1. The van der Waals surface area contributed by atoms with Crippen LogP contribution >= 0.6 is 15.9 Å². The van der Waals surface area contributed by atoms with E-state index in [1.807, 2.05) is 25.1 Å². The number of fused-ring (bicyclic) bond motifs is 4. The van der Waals surface area contributed by atoms with Crippen molar-refractivity contribution in [2.45, 2.75) is 25.7 Å². The van der Waals surface area contributed by atoms with Crippen LogP contribution in [0.1, 0.15) is 31.2 Å². The minimum Gasteiger partial charge on any atom is -0.508 e. The van der Waals surface area contributed by atoms with Gasteiger partial charge in [0.15, 0.2) is 0 Å². The van der Waals surface area contributed by atoms with E-state index >= 15 is 0 Å². The monoisotopic (exact) mass is 610 g/mol. The number of allylic oxidation sites excluding steroid dienone is 2. The highest BCUT2D eigenvalue weighted by molar-refractivity contribution is 9.10. The molecule has 7 nitrogen and oxygen atoms in total. The molecule has 1 saturated carbocycles. The van der Waals surface area contributed by atoms with Crippen molar-refractivity contribution < 1.29 is 24.3 Å². The summed E-state index contributed by atoms with van der Waals surface area (Å²) in [7, 11) is 0. The Hall–Kier alpha value is -4.04. The maximum atomic E-state index is 14.3. The van der Waals surface area contributed by atoms with E-state index in [1.165, 1.54) is 9.80 Å². The van der Waals surface area contributed by atoms with Crippen LogP contribution in [0.4, 0.5) is 11.4 Å². The molecule has 0 spiro atoms. The Morgan fingerprint density at radius 1 is 0.805 bits per heavy atom. The summed E-state index contributed by atoms with van der Waals surface area (Å²) in [6.07, 6.45) is 2.68. The predicted molar refractivity (Wildman–Crippen MR) is 156 cm³/mol. The van der Waals surface area contributed by atoms with Gasteiger partial charge >= 0.3 is 0 Å². The Balaban J connectivity index is 1.36. The molecule has 6 atom stereocenters. The van der Waals surface area contributed by atoms with Crippen molar-refractivity contribution in [1.29, 1.82) is 0 Å². The number of aromatic hydroxyl groups is 1. The highest BCUT2D eigenvalue weighted by Gasteiger charge is 2.67.